The van der Waals surface area contributed by atoms with Crippen molar-refractivity contribution in [3.05, 3.63) is 243 Å². The van der Waals surface area contributed by atoms with Crippen LogP contribution in [-0.4, -0.2) is 4.57 Å². The lowest BCUT2D eigenvalue weighted by atomic mass is 9.87. The Hall–Kier alpha value is -8.40. The summed E-state index contributed by atoms with van der Waals surface area (Å²) in [5, 5.41) is 4.67. The van der Waals surface area contributed by atoms with Crippen molar-refractivity contribution in [2.75, 3.05) is 4.90 Å². The third kappa shape index (κ3) is 6.29. The van der Waals surface area contributed by atoms with E-state index in [9.17, 15) is 0 Å². The molecule has 0 N–H and O–H groups in total. The third-order valence-electron chi connectivity index (χ3n) is 12.4. The van der Waals surface area contributed by atoms with Crippen molar-refractivity contribution in [3.63, 3.8) is 0 Å². The lowest BCUT2D eigenvalue weighted by Crippen LogP contribution is -2.12. The van der Waals surface area contributed by atoms with Crippen molar-refractivity contribution in [2.45, 2.75) is 0 Å². The van der Waals surface area contributed by atoms with E-state index in [0.717, 1.165) is 78.1 Å². The normalized spacial score (nSPS) is 11.5. The molecule has 0 saturated carbocycles. The summed E-state index contributed by atoms with van der Waals surface area (Å²) in [6.45, 7) is 0. The topological polar surface area (TPSA) is 21.3 Å². The standard InChI is InChI=1S/C60H40N2O/c1-4-17-42(18-5-1)48-23-10-11-26-53(48)60-49(43-19-6-2-7-20-43)27-16-29-56(60)61(47-36-38-59-54(40-47)52-25-13-15-30-58(52)63-59)46-34-31-41(32-35-46)44-33-37-51-50-24-12-14-28-55(50)62(57(51)39-44)45-21-8-3-9-22-45/h1-40H. The highest BCUT2D eigenvalue weighted by atomic mass is 16.3. The first-order chi connectivity index (χ1) is 31.3. The van der Waals surface area contributed by atoms with Crippen LogP contribution >= 0.6 is 0 Å². The maximum atomic E-state index is 6.36. The Labute approximate surface area is 366 Å². The summed E-state index contributed by atoms with van der Waals surface area (Å²) < 4.78 is 8.75. The summed E-state index contributed by atoms with van der Waals surface area (Å²) in [4.78, 5) is 2.42. The Morgan fingerprint density at radius 1 is 0.317 bits per heavy atom. The molecule has 12 aromatic rings. The number of para-hydroxylation sites is 3. The van der Waals surface area contributed by atoms with Gasteiger partial charge in [-0.3, -0.25) is 0 Å². The van der Waals surface area contributed by atoms with Crippen LogP contribution in [0.15, 0.2) is 247 Å². The molecule has 10 aromatic carbocycles. The molecule has 2 aromatic heterocycles. The molecule has 3 heteroatoms. The molecule has 0 bridgehead atoms. The van der Waals surface area contributed by atoms with Gasteiger partial charge in [-0.1, -0.05) is 176 Å². The van der Waals surface area contributed by atoms with Crippen LogP contribution in [0.5, 0.6) is 0 Å². The monoisotopic (exact) mass is 804 g/mol. The van der Waals surface area contributed by atoms with E-state index in [-0.39, 0.29) is 0 Å². The van der Waals surface area contributed by atoms with Gasteiger partial charge in [0.2, 0.25) is 0 Å². The van der Waals surface area contributed by atoms with Crippen molar-refractivity contribution < 1.29 is 4.42 Å². The van der Waals surface area contributed by atoms with E-state index in [4.69, 9.17) is 4.42 Å². The van der Waals surface area contributed by atoms with Crippen LogP contribution in [0.2, 0.25) is 0 Å². The quantitative estimate of drug-likeness (QED) is 0.153. The van der Waals surface area contributed by atoms with Crippen LogP contribution < -0.4 is 4.90 Å². The summed E-state index contributed by atoms with van der Waals surface area (Å²) in [6, 6.07) is 87.2. The van der Waals surface area contributed by atoms with Crippen LogP contribution in [0, 0.1) is 0 Å². The summed E-state index contributed by atoms with van der Waals surface area (Å²) in [7, 11) is 0. The molecule has 0 aliphatic heterocycles. The molecule has 0 saturated heterocycles. The second-order valence-corrected chi connectivity index (χ2v) is 16.1. The minimum absolute atomic E-state index is 0.867. The molecule has 0 unspecified atom stereocenters. The predicted octanol–water partition coefficient (Wildman–Crippen LogP) is 16.8. The fourth-order valence-corrected chi connectivity index (χ4v) is 9.53. The van der Waals surface area contributed by atoms with Crippen LogP contribution in [0.1, 0.15) is 0 Å². The smallest absolute Gasteiger partial charge is 0.135 e. The Kier molecular flexibility index (Phi) is 8.83. The number of furan rings is 1. The average Bonchev–Trinajstić information content (AvgIpc) is 3.90. The predicted molar refractivity (Wildman–Crippen MR) is 264 cm³/mol. The largest absolute Gasteiger partial charge is 0.456 e. The zero-order valence-corrected chi connectivity index (χ0v) is 34.4. The van der Waals surface area contributed by atoms with Crippen LogP contribution in [-0.2, 0) is 0 Å². The van der Waals surface area contributed by atoms with Gasteiger partial charge in [0.25, 0.3) is 0 Å². The molecule has 0 atom stereocenters. The summed E-state index contributed by atoms with van der Waals surface area (Å²) in [5.41, 5.74) is 17.8. The summed E-state index contributed by atoms with van der Waals surface area (Å²) in [5.74, 6) is 0. The Bertz CT molecular complexity index is 3600. The van der Waals surface area contributed by atoms with E-state index in [2.05, 4.69) is 240 Å². The third-order valence-corrected chi connectivity index (χ3v) is 12.4. The Morgan fingerprint density at radius 2 is 0.889 bits per heavy atom. The van der Waals surface area contributed by atoms with Gasteiger partial charge in [-0.05, 0) is 106 Å². The zero-order valence-electron chi connectivity index (χ0n) is 34.4. The van der Waals surface area contributed by atoms with E-state index in [1.807, 2.05) is 12.1 Å². The Morgan fingerprint density at radius 3 is 1.67 bits per heavy atom. The molecule has 0 aliphatic carbocycles. The molecule has 0 aliphatic rings. The van der Waals surface area contributed by atoms with Crippen molar-refractivity contribution in [1.82, 2.24) is 4.57 Å². The van der Waals surface area contributed by atoms with E-state index in [0.29, 0.717) is 0 Å². The highest BCUT2D eigenvalue weighted by molar-refractivity contribution is 6.11. The van der Waals surface area contributed by atoms with E-state index < -0.39 is 0 Å². The molecular weight excluding hydrogens is 765 g/mol. The fourth-order valence-electron chi connectivity index (χ4n) is 9.53. The molecule has 2 heterocycles. The van der Waals surface area contributed by atoms with Crippen molar-refractivity contribution in [1.29, 1.82) is 0 Å². The van der Waals surface area contributed by atoms with E-state index in [1.54, 1.807) is 0 Å². The lowest BCUT2D eigenvalue weighted by molar-refractivity contribution is 0.669. The van der Waals surface area contributed by atoms with Crippen LogP contribution in [0.4, 0.5) is 17.1 Å². The van der Waals surface area contributed by atoms with Gasteiger partial charge < -0.3 is 13.9 Å². The zero-order chi connectivity index (χ0) is 41.7. The number of anilines is 3. The molecule has 3 nitrogen and oxygen atoms in total. The van der Waals surface area contributed by atoms with Gasteiger partial charge >= 0.3 is 0 Å². The van der Waals surface area contributed by atoms with Gasteiger partial charge in [0.05, 0.1) is 16.7 Å². The number of hydrogen-bond acceptors (Lipinski definition) is 2. The van der Waals surface area contributed by atoms with E-state index in [1.165, 1.54) is 32.9 Å². The van der Waals surface area contributed by atoms with Gasteiger partial charge in [0.1, 0.15) is 11.2 Å². The number of rotatable bonds is 8. The first-order valence-electron chi connectivity index (χ1n) is 21.5. The van der Waals surface area contributed by atoms with Crippen LogP contribution in [0.25, 0.3) is 93.9 Å². The highest BCUT2D eigenvalue weighted by Crippen LogP contribution is 2.49. The van der Waals surface area contributed by atoms with Crippen molar-refractivity contribution >= 4 is 60.8 Å². The van der Waals surface area contributed by atoms with Gasteiger partial charge in [0.15, 0.2) is 0 Å². The van der Waals surface area contributed by atoms with Gasteiger partial charge in [-0.15, -0.1) is 0 Å². The first-order valence-corrected chi connectivity index (χ1v) is 21.5. The summed E-state index contributed by atoms with van der Waals surface area (Å²) >= 11 is 0. The molecule has 63 heavy (non-hydrogen) atoms. The average molecular weight is 805 g/mol. The SMILES string of the molecule is c1ccc(-c2ccccc2-c2c(-c3ccccc3)cccc2N(c2ccc(-c3ccc4c5ccccc5n(-c5ccccc5)c4c3)cc2)c2ccc3oc4ccccc4c3c2)cc1. The maximum Gasteiger partial charge on any atom is 0.135 e. The second-order valence-electron chi connectivity index (χ2n) is 16.1. The number of hydrogen-bond donors (Lipinski definition) is 0. The maximum absolute atomic E-state index is 6.36. The minimum Gasteiger partial charge on any atom is -0.456 e. The molecule has 12 rings (SSSR count). The van der Waals surface area contributed by atoms with Crippen LogP contribution in [0.3, 0.4) is 0 Å². The fraction of sp³-hybridized carbons (Fsp3) is 0. The molecule has 0 fully saturated rings. The van der Waals surface area contributed by atoms with Crippen molar-refractivity contribution in [2.24, 2.45) is 0 Å². The molecule has 0 spiro atoms. The Balaban J connectivity index is 1.07. The number of benzene rings is 10. The number of fused-ring (bicyclic) bond motifs is 6. The number of nitrogens with zero attached hydrogens (tertiary/aromatic N) is 2. The molecule has 296 valence electrons. The second kappa shape index (κ2) is 15.3. The van der Waals surface area contributed by atoms with Crippen molar-refractivity contribution in [3.8, 4) is 50.2 Å². The van der Waals surface area contributed by atoms with Gasteiger partial charge in [-0.2, -0.15) is 0 Å². The lowest BCUT2D eigenvalue weighted by Gasteiger charge is -2.30. The molecule has 0 radical (unpaired) electrons. The van der Waals surface area contributed by atoms with E-state index >= 15 is 0 Å². The van der Waals surface area contributed by atoms with Gasteiger partial charge in [-0.25, -0.2) is 0 Å². The number of aromatic nitrogens is 1. The first kappa shape index (κ1) is 36.5. The molecule has 0 amide bonds. The minimum atomic E-state index is 0.867. The molecular formula is C60H40N2O. The highest BCUT2D eigenvalue weighted by Gasteiger charge is 2.24. The van der Waals surface area contributed by atoms with Gasteiger partial charge in [0, 0.05) is 44.2 Å². The summed E-state index contributed by atoms with van der Waals surface area (Å²) in [6.07, 6.45) is 0.